The molecule has 0 unspecified atom stereocenters. The number of halogens is 1. The van der Waals surface area contributed by atoms with Gasteiger partial charge in [0.15, 0.2) is 0 Å². The van der Waals surface area contributed by atoms with Crippen molar-refractivity contribution in [1.29, 1.82) is 0 Å². The van der Waals surface area contributed by atoms with Crippen LogP contribution in [0.5, 0.6) is 0 Å². The van der Waals surface area contributed by atoms with Crippen LogP contribution < -0.4 is 0 Å². The van der Waals surface area contributed by atoms with Gasteiger partial charge < -0.3 is 0 Å². The van der Waals surface area contributed by atoms with Gasteiger partial charge in [-0.05, 0) is 41.5 Å². The molecule has 0 saturated heterocycles. The van der Waals surface area contributed by atoms with Crippen LogP contribution in [0.4, 0.5) is 22.7 Å². The van der Waals surface area contributed by atoms with E-state index in [-0.39, 0.29) is 0 Å². The Morgan fingerprint density at radius 2 is 1.10 bits per heavy atom. The Kier molecular flexibility index (Phi) is 5.33. The Labute approximate surface area is 188 Å². The van der Waals surface area contributed by atoms with Crippen molar-refractivity contribution in [3.63, 3.8) is 0 Å². The summed E-state index contributed by atoms with van der Waals surface area (Å²) >= 11 is 3.61. The van der Waals surface area contributed by atoms with Crippen LogP contribution >= 0.6 is 15.9 Å². The number of azo groups is 2. The fraction of sp³-hybridized carbons (Fsp3) is 0. The lowest BCUT2D eigenvalue weighted by Crippen LogP contribution is -1.68. The second-order valence-corrected chi connectivity index (χ2v) is 7.89. The van der Waals surface area contributed by atoms with E-state index in [0.29, 0.717) is 0 Å². The maximum absolute atomic E-state index is 4.47. The van der Waals surface area contributed by atoms with Crippen LogP contribution in [0.1, 0.15) is 0 Å². The van der Waals surface area contributed by atoms with Crippen molar-refractivity contribution in [3.05, 3.63) is 108 Å². The summed E-state index contributed by atoms with van der Waals surface area (Å²) in [4.78, 5) is 0. The minimum atomic E-state index is 0.723. The maximum atomic E-state index is 4.47. The average molecular weight is 465 g/mol. The molecular formula is C26H17BrN4. The summed E-state index contributed by atoms with van der Waals surface area (Å²) in [6, 6.07) is 33.9. The van der Waals surface area contributed by atoms with E-state index in [9.17, 15) is 0 Å². The van der Waals surface area contributed by atoms with Crippen LogP contribution in [0.2, 0.25) is 0 Å². The highest BCUT2D eigenvalue weighted by Gasteiger charge is 2.12. The van der Waals surface area contributed by atoms with Gasteiger partial charge in [-0.1, -0.05) is 88.7 Å². The second-order valence-electron chi connectivity index (χ2n) is 7.03. The van der Waals surface area contributed by atoms with Crippen LogP contribution in [0.3, 0.4) is 0 Å². The van der Waals surface area contributed by atoms with Crippen molar-refractivity contribution in [2.75, 3.05) is 0 Å². The Morgan fingerprint density at radius 3 is 1.87 bits per heavy atom. The molecule has 0 amide bonds. The van der Waals surface area contributed by atoms with Crippen molar-refractivity contribution in [2.24, 2.45) is 20.5 Å². The normalized spacial score (nSPS) is 11.8. The first-order valence-electron chi connectivity index (χ1n) is 9.86. The van der Waals surface area contributed by atoms with E-state index in [1.807, 2.05) is 78.9 Å². The van der Waals surface area contributed by atoms with E-state index < -0.39 is 0 Å². The molecule has 0 spiro atoms. The summed E-state index contributed by atoms with van der Waals surface area (Å²) in [6.07, 6.45) is 0. The minimum Gasteiger partial charge on any atom is -0.150 e. The third-order valence-corrected chi connectivity index (χ3v) is 5.64. The fourth-order valence-corrected chi connectivity index (χ4v) is 4.03. The van der Waals surface area contributed by atoms with Crippen LogP contribution in [0.15, 0.2) is 128 Å². The molecule has 5 heteroatoms. The van der Waals surface area contributed by atoms with Gasteiger partial charge in [-0.2, -0.15) is 10.2 Å². The molecule has 0 fully saturated rings. The largest absolute Gasteiger partial charge is 0.150 e. The topological polar surface area (TPSA) is 49.4 Å². The Balaban J connectivity index is 1.40. The third kappa shape index (κ3) is 4.13. The van der Waals surface area contributed by atoms with Crippen molar-refractivity contribution in [1.82, 2.24) is 0 Å². The lowest BCUT2D eigenvalue weighted by Gasteiger charge is -1.97. The van der Waals surface area contributed by atoms with Crippen molar-refractivity contribution >= 4 is 38.7 Å². The summed E-state index contributed by atoms with van der Waals surface area (Å²) in [6.45, 7) is 0. The number of nitrogens with zero attached hydrogens (tertiary/aromatic N) is 4. The SMILES string of the molecule is Brc1cc(N=Nc2cccc(N=Nc3ccc4cccccc3-4)c2)c2cccccc1-2. The Morgan fingerprint density at radius 1 is 0.452 bits per heavy atom. The predicted octanol–water partition coefficient (Wildman–Crippen LogP) is 9.49. The van der Waals surface area contributed by atoms with Crippen LogP contribution in [0, 0.1) is 0 Å². The van der Waals surface area contributed by atoms with Gasteiger partial charge in [0.25, 0.3) is 0 Å². The average Bonchev–Trinajstić information content (AvgIpc) is 3.07. The molecular weight excluding hydrogens is 448 g/mol. The van der Waals surface area contributed by atoms with Gasteiger partial charge >= 0.3 is 0 Å². The molecule has 1 aromatic rings. The summed E-state index contributed by atoms with van der Waals surface area (Å²) in [5.74, 6) is 0. The van der Waals surface area contributed by atoms with Crippen LogP contribution in [-0.4, -0.2) is 0 Å². The molecule has 4 aliphatic rings. The summed E-state index contributed by atoms with van der Waals surface area (Å²) in [7, 11) is 0. The van der Waals surface area contributed by atoms with Gasteiger partial charge in [0.1, 0.15) is 0 Å². The number of fused-ring (bicyclic) bond motifs is 2. The van der Waals surface area contributed by atoms with Crippen molar-refractivity contribution < 1.29 is 0 Å². The molecule has 0 saturated carbocycles. The third-order valence-electron chi connectivity index (χ3n) is 4.98. The van der Waals surface area contributed by atoms with Crippen molar-refractivity contribution in [3.8, 4) is 22.3 Å². The second kappa shape index (κ2) is 8.58. The highest BCUT2D eigenvalue weighted by atomic mass is 79.9. The molecule has 4 nitrogen and oxygen atoms in total. The molecule has 31 heavy (non-hydrogen) atoms. The zero-order chi connectivity index (χ0) is 21.0. The number of hydrogen-bond acceptors (Lipinski definition) is 4. The molecule has 148 valence electrons. The van der Waals surface area contributed by atoms with E-state index in [2.05, 4.69) is 60.7 Å². The molecule has 0 bridgehead atoms. The van der Waals surface area contributed by atoms with Gasteiger partial charge in [-0.25, -0.2) is 0 Å². The lowest BCUT2D eigenvalue weighted by molar-refractivity contribution is 1.21. The van der Waals surface area contributed by atoms with E-state index in [4.69, 9.17) is 0 Å². The smallest absolute Gasteiger partial charge is 0.0947 e. The van der Waals surface area contributed by atoms with Crippen LogP contribution in [0.25, 0.3) is 22.3 Å². The number of rotatable bonds is 4. The molecule has 0 N–H and O–H groups in total. The van der Waals surface area contributed by atoms with E-state index in [1.54, 1.807) is 0 Å². The summed E-state index contributed by atoms with van der Waals surface area (Å²) in [5, 5.41) is 17.8. The summed E-state index contributed by atoms with van der Waals surface area (Å²) < 4.78 is 1.01. The molecule has 0 atom stereocenters. The first-order valence-corrected chi connectivity index (χ1v) is 10.7. The quantitative estimate of drug-likeness (QED) is 0.237. The van der Waals surface area contributed by atoms with E-state index >= 15 is 0 Å². The minimum absolute atomic E-state index is 0.723. The van der Waals surface area contributed by atoms with E-state index in [0.717, 1.165) is 49.5 Å². The number of hydrogen-bond donors (Lipinski definition) is 0. The maximum Gasteiger partial charge on any atom is 0.0947 e. The molecule has 0 radical (unpaired) electrons. The zero-order valence-electron chi connectivity index (χ0n) is 16.5. The highest BCUT2D eigenvalue weighted by molar-refractivity contribution is 9.10. The molecule has 0 heterocycles. The zero-order valence-corrected chi connectivity index (χ0v) is 18.1. The fourth-order valence-electron chi connectivity index (χ4n) is 3.46. The summed E-state index contributed by atoms with van der Waals surface area (Å²) in [5.41, 5.74) is 7.49. The molecule has 0 aromatic heterocycles. The number of benzene rings is 1. The van der Waals surface area contributed by atoms with Gasteiger partial charge in [0, 0.05) is 15.6 Å². The highest BCUT2D eigenvalue weighted by Crippen LogP contribution is 2.41. The van der Waals surface area contributed by atoms with Gasteiger partial charge in [-0.15, -0.1) is 10.2 Å². The molecule has 0 aliphatic heterocycles. The monoisotopic (exact) mass is 464 g/mol. The first-order chi connectivity index (χ1) is 15.3. The molecule has 1 aromatic carbocycles. The first kappa shape index (κ1) is 19.3. The Bertz CT molecular complexity index is 1360. The van der Waals surface area contributed by atoms with Gasteiger partial charge in [-0.3, -0.25) is 0 Å². The van der Waals surface area contributed by atoms with Crippen LogP contribution in [-0.2, 0) is 0 Å². The standard InChI is InChI=1S/C26H17BrN4/c27-24-17-26(23-13-6-2-5-12-22(23)24)31-29-20-10-7-9-19(16-20)28-30-25-15-14-18-8-3-1-4-11-21(18)25/h1-17H. The molecule has 5 rings (SSSR count). The Hall–Kier alpha value is -3.70. The van der Waals surface area contributed by atoms with Gasteiger partial charge in [0.05, 0.1) is 22.7 Å². The lowest BCUT2D eigenvalue weighted by atomic mass is 10.2. The van der Waals surface area contributed by atoms with Crippen molar-refractivity contribution in [2.45, 2.75) is 0 Å². The molecule has 4 aliphatic carbocycles. The van der Waals surface area contributed by atoms with E-state index in [1.165, 1.54) is 0 Å². The predicted molar refractivity (Wildman–Crippen MR) is 129 cm³/mol. The van der Waals surface area contributed by atoms with Gasteiger partial charge in [0.2, 0.25) is 0 Å².